The first kappa shape index (κ1) is 14.5. The number of benzene rings is 1. The van der Waals surface area contributed by atoms with Gasteiger partial charge in [0.2, 0.25) is 11.8 Å². The average molecular weight is 296 g/mol. The molecule has 106 valence electrons. The van der Waals surface area contributed by atoms with E-state index >= 15 is 0 Å². The lowest BCUT2D eigenvalue weighted by Gasteiger charge is -1.99. The van der Waals surface area contributed by atoms with E-state index in [4.69, 9.17) is 21.1 Å². The van der Waals surface area contributed by atoms with Crippen molar-refractivity contribution in [2.24, 2.45) is 0 Å². The van der Waals surface area contributed by atoms with Gasteiger partial charge in [0.1, 0.15) is 0 Å². The van der Waals surface area contributed by atoms with E-state index in [2.05, 4.69) is 15.5 Å². The lowest BCUT2D eigenvalue weighted by molar-refractivity contribution is -0.137. The largest absolute Gasteiger partial charge is 0.481 e. The zero-order chi connectivity index (χ0) is 14.4. The maximum Gasteiger partial charge on any atom is 0.303 e. The molecule has 0 amide bonds. The Morgan fingerprint density at radius 3 is 2.75 bits per heavy atom. The number of nitrogens with zero attached hydrogens (tertiary/aromatic N) is 2. The Hall–Kier alpha value is -1.92. The summed E-state index contributed by atoms with van der Waals surface area (Å²) in [7, 11) is 0. The summed E-state index contributed by atoms with van der Waals surface area (Å²) in [5, 5.41) is 20.1. The molecular formula is C13H14ClN3O3. The smallest absolute Gasteiger partial charge is 0.303 e. The summed E-state index contributed by atoms with van der Waals surface area (Å²) in [6, 6.07) is 7.12. The fraction of sp³-hybridized carbons (Fsp3) is 0.308. The maximum absolute atomic E-state index is 10.3. The molecule has 0 atom stereocenters. The topological polar surface area (TPSA) is 88.2 Å². The summed E-state index contributed by atoms with van der Waals surface area (Å²) < 4.78 is 5.49. The molecule has 2 rings (SSSR count). The van der Waals surface area contributed by atoms with E-state index in [0.717, 1.165) is 5.56 Å². The summed E-state index contributed by atoms with van der Waals surface area (Å²) in [6.45, 7) is 1.01. The molecule has 0 fully saturated rings. The Labute approximate surface area is 120 Å². The van der Waals surface area contributed by atoms with Crippen LogP contribution in [0.1, 0.15) is 18.7 Å². The van der Waals surface area contributed by atoms with Crippen LogP contribution in [0.4, 0.5) is 0 Å². The van der Waals surface area contributed by atoms with Crippen LogP contribution in [0.15, 0.2) is 28.7 Å². The van der Waals surface area contributed by atoms with Gasteiger partial charge in [0.15, 0.2) is 0 Å². The van der Waals surface area contributed by atoms with Crippen molar-refractivity contribution in [1.82, 2.24) is 15.5 Å². The Balaban J connectivity index is 1.83. The molecule has 0 aliphatic rings. The predicted octanol–water partition coefficient (Wildman–Crippen LogP) is 2.34. The number of nitrogens with one attached hydrogen (secondary N) is 1. The van der Waals surface area contributed by atoms with Crippen molar-refractivity contribution in [3.63, 3.8) is 0 Å². The lowest BCUT2D eigenvalue weighted by atomic mass is 10.2. The molecule has 7 heteroatoms. The predicted molar refractivity (Wildman–Crippen MR) is 73.3 cm³/mol. The molecule has 1 heterocycles. The third-order valence-electron chi connectivity index (χ3n) is 2.58. The van der Waals surface area contributed by atoms with Crippen LogP contribution >= 0.6 is 11.6 Å². The van der Waals surface area contributed by atoms with Crippen LogP contribution in [0.25, 0.3) is 11.5 Å². The van der Waals surface area contributed by atoms with Gasteiger partial charge in [-0.05, 0) is 37.2 Å². The molecule has 0 radical (unpaired) electrons. The molecule has 0 aliphatic heterocycles. The molecule has 0 unspecified atom stereocenters. The summed E-state index contributed by atoms with van der Waals surface area (Å²) in [6.07, 6.45) is 0.709. The van der Waals surface area contributed by atoms with E-state index < -0.39 is 5.97 Å². The van der Waals surface area contributed by atoms with E-state index in [1.807, 2.05) is 0 Å². The first-order valence-corrected chi connectivity index (χ1v) is 6.54. The molecule has 0 aliphatic carbocycles. The van der Waals surface area contributed by atoms with Gasteiger partial charge < -0.3 is 14.8 Å². The molecular weight excluding hydrogens is 282 g/mol. The van der Waals surface area contributed by atoms with Crippen LogP contribution in [-0.2, 0) is 11.3 Å². The van der Waals surface area contributed by atoms with Gasteiger partial charge in [-0.15, -0.1) is 10.2 Å². The number of aliphatic carboxylic acids is 1. The highest BCUT2D eigenvalue weighted by Gasteiger charge is 2.08. The number of halogens is 1. The van der Waals surface area contributed by atoms with Crippen LogP contribution in [0.5, 0.6) is 0 Å². The molecule has 1 aromatic carbocycles. The number of carboxylic acid groups (broad SMARTS) is 1. The third-order valence-corrected chi connectivity index (χ3v) is 2.83. The fourth-order valence-electron chi connectivity index (χ4n) is 1.59. The Morgan fingerprint density at radius 2 is 2.05 bits per heavy atom. The SMILES string of the molecule is O=C(O)CCCNCc1nnc(-c2ccc(Cl)cc2)o1. The number of carbonyl (C=O) groups is 1. The van der Waals surface area contributed by atoms with Crippen molar-refractivity contribution in [1.29, 1.82) is 0 Å². The lowest BCUT2D eigenvalue weighted by Crippen LogP contribution is -2.15. The van der Waals surface area contributed by atoms with Gasteiger partial charge in [0, 0.05) is 17.0 Å². The van der Waals surface area contributed by atoms with Crippen molar-refractivity contribution in [3.05, 3.63) is 35.2 Å². The Kier molecular flexibility index (Phi) is 5.09. The van der Waals surface area contributed by atoms with Gasteiger partial charge in [-0.2, -0.15) is 0 Å². The molecule has 0 saturated heterocycles. The number of hydrogen-bond donors (Lipinski definition) is 2. The van der Waals surface area contributed by atoms with Crippen molar-refractivity contribution < 1.29 is 14.3 Å². The zero-order valence-corrected chi connectivity index (χ0v) is 11.4. The number of rotatable bonds is 7. The second-order valence-corrected chi connectivity index (χ2v) is 4.62. The van der Waals surface area contributed by atoms with Gasteiger partial charge in [-0.1, -0.05) is 11.6 Å². The highest BCUT2D eigenvalue weighted by molar-refractivity contribution is 6.30. The minimum Gasteiger partial charge on any atom is -0.481 e. The minimum absolute atomic E-state index is 0.146. The number of aromatic nitrogens is 2. The molecule has 0 saturated carbocycles. The maximum atomic E-state index is 10.3. The fourth-order valence-corrected chi connectivity index (χ4v) is 1.72. The van der Waals surface area contributed by atoms with Gasteiger partial charge in [-0.25, -0.2) is 0 Å². The molecule has 0 bridgehead atoms. The molecule has 2 aromatic rings. The van der Waals surface area contributed by atoms with Crippen LogP contribution in [0.3, 0.4) is 0 Å². The molecule has 6 nitrogen and oxygen atoms in total. The van der Waals surface area contributed by atoms with Crippen molar-refractivity contribution in [2.45, 2.75) is 19.4 Å². The van der Waals surface area contributed by atoms with E-state index in [1.54, 1.807) is 24.3 Å². The van der Waals surface area contributed by atoms with Crippen molar-refractivity contribution in [2.75, 3.05) is 6.54 Å². The van der Waals surface area contributed by atoms with Gasteiger partial charge in [0.25, 0.3) is 0 Å². The molecule has 2 N–H and O–H groups in total. The van der Waals surface area contributed by atoms with Crippen LogP contribution < -0.4 is 5.32 Å². The first-order chi connectivity index (χ1) is 9.65. The molecule has 0 spiro atoms. The minimum atomic E-state index is -0.797. The third kappa shape index (κ3) is 4.32. The quantitative estimate of drug-likeness (QED) is 0.762. The van der Waals surface area contributed by atoms with E-state index in [0.29, 0.717) is 36.3 Å². The Bertz CT molecular complexity index is 568. The van der Waals surface area contributed by atoms with Crippen molar-refractivity contribution >= 4 is 17.6 Å². The van der Waals surface area contributed by atoms with Gasteiger partial charge in [-0.3, -0.25) is 4.79 Å². The van der Waals surface area contributed by atoms with Gasteiger partial charge in [0.05, 0.1) is 6.54 Å². The van der Waals surface area contributed by atoms with Gasteiger partial charge >= 0.3 is 5.97 Å². The normalized spacial score (nSPS) is 10.7. The van der Waals surface area contributed by atoms with Crippen LogP contribution in [-0.4, -0.2) is 27.8 Å². The van der Waals surface area contributed by atoms with Crippen LogP contribution in [0, 0.1) is 0 Å². The van der Waals surface area contributed by atoms with E-state index in [9.17, 15) is 4.79 Å². The zero-order valence-electron chi connectivity index (χ0n) is 10.7. The highest BCUT2D eigenvalue weighted by atomic mass is 35.5. The number of carboxylic acids is 1. The Morgan fingerprint density at radius 1 is 1.30 bits per heavy atom. The van der Waals surface area contributed by atoms with Crippen molar-refractivity contribution in [3.8, 4) is 11.5 Å². The summed E-state index contributed by atoms with van der Waals surface area (Å²) in [4.78, 5) is 10.3. The second-order valence-electron chi connectivity index (χ2n) is 4.18. The van der Waals surface area contributed by atoms with E-state index in [-0.39, 0.29) is 6.42 Å². The summed E-state index contributed by atoms with van der Waals surface area (Å²) in [5.74, 6) is 0.101. The standard InChI is InChI=1S/C13H14ClN3O3/c14-10-5-3-9(4-6-10)13-17-16-11(20-13)8-15-7-1-2-12(18)19/h3-6,15H,1-2,7-8H2,(H,18,19). The first-order valence-electron chi connectivity index (χ1n) is 6.16. The second kappa shape index (κ2) is 7.02. The summed E-state index contributed by atoms with van der Waals surface area (Å²) in [5.41, 5.74) is 0.805. The summed E-state index contributed by atoms with van der Waals surface area (Å²) >= 11 is 5.81. The average Bonchev–Trinajstić information content (AvgIpc) is 2.87. The monoisotopic (exact) mass is 295 g/mol. The highest BCUT2D eigenvalue weighted by Crippen LogP contribution is 2.19. The van der Waals surface area contributed by atoms with E-state index in [1.165, 1.54) is 0 Å². The molecule has 20 heavy (non-hydrogen) atoms. The molecule has 1 aromatic heterocycles. The van der Waals surface area contributed by atoms with Crippen LogP contribution in [0.2, 0.25) is 5.02 Å². The number of hydrogen-bond acceptors (Lipinski definition) is 5.